The van der Waals surface area contributed by atoms with Crippen molar-refractivity contribution >= 4 is 15.9 Å². The van der Waals surface area contributed by atoms with Crippen molar-refractivity contribution in [3.63, 3.8) is 0 Å². The number of sulfonamides is 1. The number of carbonyl (C=O) groups is 1. The van der Waals surface area contributed by atoms with E-state index in [4.69, 9.17) is 5.14 Å². The Hall–Kier alpha value is -2.32. The van der Waals surface area contributed by atoms with Crippen LogP contribution in [-0.2, 0) is 16.4 Å². The molecule has 1 amide bonds. The molecule has 6 nitrogen and oxygen atoms in total. The molecule has 2 aromatic rings. The summed E-state index contributed by atoms with van der Waals surface area (Å²) in [6.07, 6.45) is 1.52. The maximum Gasteiger partial charge on any atom is 0.269 e. The highest BCUT2D eigenvalue weighted by Crippen LogP contribution is 2.09. The largest absolute Gasteiger partial charge is 0.350 e. The fourth-order valence-electron chi connectivity index (χ4n) is 1.92. The number of aryl methyl sites for hydroxylation is 1. The molecule has 1 aromatic heterocycles. The number of nitrogens with two attached hydrogens (primary N) is 1. The Morgan fingerprint density at radius 2 is 1.96 bits per heavy atom. The number of hydrogen-bond donors (Lipinski definition) is 2. The average Bonchev–Trinajstić information content (AvgIpc) is 2.49. The molecule has 23 heavy (non-hydrogen) atoms. The van der Waals surface area contributed by atoms with Gasteiger partial charge in [-0.2, -0.15) is 0 Å². The van der Waals surface area contributed by atoms with Gasteiger partial charge in [-0.15, -0.1) is 0 Å². The Morgan fingerprint density at radius 1 is 1.30 bits per heavy atom. The number of amides is 1. The van der Waals surface area contributed by atoms with Gasteiger partial charge in [0.15, 0.2) is 0 Å². The van der Waals surface area contributed by atoms with Gasteiger partial charge in [-0.3, -0.25) is 4.79 Å². The number of benzene rings is 1. The second kappa shape index (κ2) is 6.84. The number of carbonyl (C=O) groups excluding carboxylic acids is 1. The topological polar surface area (TPSA) is 102 Å². The van der Waals surface area contributed by atoms with Crippen molar-refractivity contribution < 1.29 is 17.6 Å². The van der Waals surface area contributed by atoms with Gasteiger partial charge in [-0.25, -0.2) is 22.9 Å². The van der Waals surface area contributed by atoms with E-state index in [1.807, 2.05) is 0 Å². The van der Waals surface area contributed by atoms with E-state index >= 15 is 0 Å². The molecular formula is C15H16FN3O3S. The van der Waals surface area contributed by atoms with Crippen molar-refractivity contribution in [1.82, 2.24) is 10.3 Å². The van der Waals surface area contributed by atoms with Crippen LogP contribution < -0.4 is 10.5 Å². The lowest BCUT2D eigenvalue weighted by Crippen LogP contribution is -2.26. The first kappa shape index (κ1) is 17.0. The van der Waals surface area contributed by atoms with E-state index in [2.05, 4.69) is 10.3 Å². The molecule has 1 heterocycles. The van der Waals surface area contributed by atoms with Crippen molar-refractivity contribution in [3.8, 4) is 0 Å². The van der Waals surface area contributed by atoms with E-state index < -0.39 is 21.7 Å². The van der Waals surface area contributed by atoms with Crippen LogP contribution in [0.1, 0.15) is 21.6 Å². The van der Waals surface area contributed by atoms with Crippen LogP contribution in [0.4, 0.5) is 4.39 Å². The maximum atomic E-state index is 13.1. The highest BCUT2D eigenvalue weighted by Gasteiger charge is 2.10. The van der Waals surface area contributed by atoms with Crippen LogP contribution in [-0.4, -0.2) is 25.9 Å². The lowest BCUT2D eigenvalue weighted by atomic mass is 10.1. The first-order valence-electron chi connectivity index (χ1n) is 6.79. The summed E-state index contributed by atoms with van der Waals surface area (Å²) in [5.74, 6) is -0.856. The molecule has 2 rings (SSSR count). The van der Waals surface area contributed by atoms with Gasteiger partial charge >= 0.3 is 0 Å². The van der Waals surface area contributed by atoms with E-state index in [1.165, 1.54) is 18.2 Å². The molecular weight excluding hydrogens is 321 g/mol. The first-order valence-corrected chi connectivity index (χ1v) is 8.34. The molecule has 3 N–H and O–H groups in total. The van der Waals surface area contributed by atoms with E-state index in [-0.39, 0.29) is 10.6 Å². The molecule has 0 saturated carbocycles. The van der Waals surface area contributed by atoms with Gasteiger partial charge in [-0.05, 0) is 42.7 Å². The number of nitrogens with zero attached hydrogens (tertiary/aromatic N) is 1. The fraction of sp³-hybridized carbons (Fsp3) is 0.200. The third kappa shape index (κ3) is 4.57. The quantitative estimate of drug-likeness (QED) is 0.854. The molecule has 0 aliphatic rings. The molecule has 0 aliphatic heterocycles. The molecule has 8 heteroatoms. The lowest BCUT2D eigenvalue weighted by Gasteiger charge is -2.06. The van der Waals surface area contributed by atoms with E-state index in [0.29, 0.717) is 18.5 Å². The van der Waals surface area contributed by atoms with Gasteiger partial charge in [0.2, 0.25) is 10.0 Å². The Kier molecular flexibility index (Phi) is 5.07. The Balaban J connectivity index is 1.91. The van der Waals surface area contributed by atoms with Crippen molar-refractivity contribution in [2.75, 3.05) is 6.54 Å². The van der Waals surface area contributed by atoms with Crippen LogP contribution in [0.5, 0.6) is 0 Å². The standard InChI is InChI=1S/C15H16FN3O3S/c1-10-8-14(19-9-13(10)16)15(20)18-7-6-11-2-4-12(5-3-11)23(17,21)22/h2-5,8-9H,6-7H2,1H3,(H,18,20)(H2,17,21,22). The summed E-state index contributed by atoms with van der Waals surface area (Å²) in [6.45, 7) is 1.90. The molecule has 122 valence electrons. The predicted octanol–water partition coefficient (Wildman–Crippen LogP) is 1.15. The number of pyridine rings is 1. The molecule has 0 unspecified atom stereocenters. The number of primary sulfonamides is 1. The average molecular weight is 337 g/mol. The summed E-state index contributed by atoms with van der Waals surface area (Å²) in [4.78, 5) is 15.7. The van der Waals surface area contributed by atoms with E-state index in [0.717, 1.165) is 11.8 Å². The smallest absolute Gasteiger partial charge is 0.269 e. The summed E-state index contributed by atoms with van der Waals surface area (Å²) in [5.41, 5.74) is 1.35. The Bertz CT molecular complexity index is 820. The zero-order valence-electron chi connectivity index (χ0n) is 12.4. The summed E-state index contributed by atoms with van der Waals surface area (Å²) < 4.78 is 35.4. The zero-order valence-corrected chi connectivity index (χ0v) is 13.2. The summed E-state index contributed by atoms with van der Waals surface area (Å²) in [5, 5.41) is 7.69. The maximum absolute atomic E-state index is 13.1. The molecule has 0 bridgehead atoms. The second-order valence-corrected chi connectivity index (χ2v) is 6.58. The fourth-order valence-corrected chi connectivity index (χ4v) is 2.44. The number of nitrogens with one attached hydrogen (secondary N) is 1. The van der Waals surface area contributed by atoms with E-state index in [9.17, 15) is 17.6 Å². The highest BCUT2D eigenvalue weighted by molar-refractivity contribution is 7.89. The van der Waals surface area contributed by atoms with Crippen LogP contribution >= 0.6 is 0 Å². The van der Waals surface area contributed by atoms with Crippen molar-refractivity contribution in [2.45, 2.75) is 18.2 Å². The monoisotopic (exact) mass is 337 g/mol. The van der Waals surface area contributed by atoms with E-state index in [1.54, 1.807) is 19.1 Å². The minimum atomic E-state index is -3.71. The van der Waals surface area contributed by atoms with Crippen LogP contribution in [0.15, 0.2) is 41.4 Å². The Morgan fingerprint density at radius 3 is 2.52 bits per heavy atom. The molecule has 0 radical (unpaired) electrons. The van der Waals surface area contributed by atoms with Crippen LogP contribution in [0, 0.1) is 12.7 Å². The number of halogens is 1. The molecule has 0 spiro atoms. The number of aromatic nitrogens is 1. The minimum Gasteiger partial charge on any atom is -0.350 e. The minimum absolute atomic E-state index is 0.0382. The normalized spacial score (nSPS) is 11.3. The van der Waals surface area contributed by atoms with Crippen LogP contribution in [0.3, 0.4) is 0 Å². The summed E-state index contributed by atoms with van der Waals surface area (Å²) in [6, 6.07) is 7.47. The summed E-state index contributed by atoms with van der Waals surface area (Å²) >= 11 is 0. The van der Waals surface area contributed by atoms with Crippen LogP contribution in [0.25, 0.3) is 0 Å². The molecule has 0 fully saturated rings. The van der Waals surface area contributed by atoms with Crippen molar-refractivity contribution in [3.05, 3.63) is 59.2 Å². The number of rotatable bonds is 5. The van der Waals surface area contributed by atoms with Gasteiger partial charge in [0.1, 0.15) is 11.5 Å². The SMILES string of the molecule is Cc1cc(C(=O)NCCc2ccc(S(N)(=O)=O)cc2)ncc1F. The zero-order chi connectivity index (χ0) is 17.0. The van der Waals surface area contributed by atoms with Gasteiger partial charge < -0.3 is 5.32 Å². The third-order valence-electron chi connectivity index (χ3n) is 3.23. The lowest BCUT2D eigenvalue weighted by molar-refractivity contribution is 0.0949. The van der Waals surface area contributed by atoms with Gasteiger partial charge in [-0.1, -0.05) is 12.1 Å². The molecule has 0 saturated heterocycles. The van der Waals surface area contributed by atoms with Crippen LogP contribution in [0.2, 0.25) is 0 Å². The van der Waals surface area contributed by atoms with Gasteiger partial charge in [0.05, 0.1) is 11.1 Å². The first-order chi connectivity index (χ1) is 10.8. The third-order valence-corrected chi connectivity index (χ3v) is 4.16. The predicted molar refractivity (Wildman–Crippen MR) is 82.8 cm³/mol. The Labute approximate surface area is 133 Å². The molecule has 0 aliphatic carbocycles. The second-order valence-electron chi connectivity index (χ2n) is 5.01. The number of hydrogen-bond acceptors (Lipinski definition) is 4. The van der Waals surface area contributed by atoms with Gasteiger partial charge in [0, 0.05) is 6.54 Å². The summed E-state index contributed by atoms with van der Waals surface area (Å²) in [7, 11) is -3.71. The van der Waals surface area contributed by atoms with Crippen molar-refractivity contribution in [1.29, 1.82) is 0 Å². The molecule has 0 atom stereocenters. The molecule has 1 aromatic carbocycles. The van der Waals surface area contributed by atoms with Crippen molar-refractivity contribution in [2.24, 2.45) is 5.14 Å². The van der Waals surface area contributed by atoms with Gasteiger partial charge in [0.25, 0.3) is 5.91 Å². The highest BCUT2D eigenvalue weighted by atomic mass is 32.2.